The van der Waals surface area contributed by atoms with Gasteiger partial charge in [0.05, 0.1) is 0 Å². The summed E-state index contributed by atoms with van der Waals surface area (Å²) >= 11 is 0. The van der Waals surface area contributed by atoms with E-state index in [1.807, 2.05) is 36.4 Å². The van der Waals surface area contributed by atoms with Crippen molar-refractivity contribution in [2.24, 2.45) is 0 Å². The summed E-state index contributed by atoms with van der Waals surface area (Å²) in [6, 6.07) is 15.2. The van der Waals surface area contributed by atoms with E-state index < -0.39 is 18.1 Å². The fourth-order valence-corrected chi connectivity index (χ4v) is 4.82. The zero-order valence-corrected chi connectivity index (χ0v) is 18.7. The first-order valence-electron chi connectivity index (χ1n) is 11.7. The van der Waals surface area contributed by atoms with Gasteiger partial charge in [0.1, 0.15) is 12.6 Å². The van der Waals surface area contributed by atoms with E-state index in [9.17, 15) is 14.4 Å². The molecule has 2 amide bonds. The van der Waals surface area contributed by atoms with Crippen LogP contribution in [0.4, 0.5) is 4.79 Å². The number of alkyl carbamates (subject to hydrolysis) is 1. The maximum absolute atomic E-state index is 13.0. The van der Waals surface area contributed by atoms with Gasteiger partial charge in [-0.2, -0.15) is 0 Å². The van der Waals surface area contributed by atoms with Crippen LogP contribution in [-0.4, -0.2) is 53.7 Å². The van der Waals surface area contributed by atoms with Gasteiger partial charge in [0.2, 0.25) is 5.91 Å². The Morgan fingerprint density at radius 1 is 0.939 bits per heavy atom. The lowest BCUT2D eigenvalue weighted by Gasteiger charge is -2.26. The molecule has 0 radical (unpaired) electrons. The number of amides is 2. The summed E-state index contributed by atoms with van der Waals surface area (Å²) in [5.74, 6) is -1.31. The molecule has 1 aliphatic carbocycles. The van der Waals surface area contributed by atoms with Crippen molar-refractivity contribution in [1.29, 1.82) is 0 Å². The predicted octanol–water partition coefficient (Wildman–Crippen LogP) is 4.16. The van der Waals surface area contributed by atoms with Gasteiger partial charge in [-0.25, -0.2) is 4.79 Å². The maximum Gasteiger partial charge on any atom is 0.407 e. The number of rotatable bonds is 7. The first kappa shape index (κ1) is 22.8. The summed E-state index contributed by atoms with van der Waals surface area (Å²) in [5, 5.41) is 11.7. The molecule has 0 saturated carbocycles. The van der Waals surface area contributed by atoms with E-state index in [1.54, 1.807) is 4.90 Å². The number of hydrogen-bond donors (Lipinski definition) is 2. The largest absolute Gasteiger partial charge is 0.481 e. The van der Waals surface area contributed by atoms with Crippen molar-refractivity contribution in [3.8, 4) is 11.1 Å². The number of nitrogens with zero attached hydrogens (tertiary/aromatic N) is 1. The molecular formula is C26H30N2O5. The van der Waals surface area contributed by atoms with Crippen molar-refractivity contribution in [2.75, 3.05) is 19.7 Å². The number of likely N-dealkylation sites (tertiary alicyclic amines) is 1. The number of ether oxygens (including phenoxy) is 1. The smallest absolute Gasteiger partial charge is 0.407 e. The van der Waals surface area contributed by atoms with Crippen LogP contribution in [-0.2, 0) is 14.3 Å². The van der Waals surface area contributed by atoms with Crippen molar-refractivity contribution >= 4 is 18.0 Å². The van der Waals surface area contributed by atoms with E-state index in [4.69, 9.17) is 9.84 Å². The van der Waals surface area contributed by atoms with E-state index in [-0.39, 0.29) is 31.3 Å². The first-order chi connectivity index (χ1) is 16.0. The van der Waals surface area contributed by atoms with E-state index >= 15 is 0 Å². The molecule has 1 atom stereocenters. The number of hydrogen-bond acceptors (Lipinski definition) is 4. The van der Waals surface area contributed by atoms with Crippen LogP contribution in [0.2, 0.25) is 0 Å². The summed E-state index contributed by atoms with van der Waals surface area (Å²) in [4.78, 5) is 38.6. The van der Waals surface area contributed by atoms with Crippen molar-refractivity contribution in [2.45, 2.75) is 50.5 Å². The van der Waals surface area contributed by atoms with E-state index in [1.165, 1.54) is 0 Å². The molecular weight excluding hydrogens is 420 g/mol. The Balaban J connectivity index is 1.42. The number of fused-ring (bicyclic) bond motifs is 3. The zero-order valence-electron chi connectivity index (χ0n) is 18.7. The molecule has 33 heavy (non-hydrogen) atoms. The van der Waals surface area contributed by atoms with Crippen LogP contribution in [0.3, 0.4) is 0 Å². The maximum atomic E-state index is 13.0. The lowest BCUT2D eigenvalue weighted by atomic mass is 9.98. The van der Waals surface area contributed by atoms with Gasteiger partial charge in [0.25, 0.3) is 0 Å². The average Bonchev–Trinajstić information content (AvgIpc) is 2.95. The van der Waals surface area contributed by atoms with Crippen LogP contribution < -0.4 is 5.32 Å². The fraction of sp³-hybridized carbons (Fsp3) is 0.423. The van der Waals surface area contributed by atoms with Gasteiger partial charge in [0.15, 0.2) is 0 Å². The van der Waals surface area contributed by atoms with Gasteiger partial charge in [0, 0.05) is 25.4 Å². The quantitative estimate of drug-likeness (QED) is 0.660. The van der Waals surface area contributed by atoms with Gasteiger partial charge in [-0.1, -0.05) is 61.4 Å². The Morgan fingerprint density at radius 3 is 2.09 bits per heavy atom. The highest BCUT2D eigenvalue weighted by atomic mass is 16.5. The van der Waals surface area contributed by atoms with Crippen molar-refractivity contribution in [3.63, 3.8) is 0 Å². The number of benzene rings is 2. The molecule has 174 valence electrons. The Labute approximate surface area is 193 Å². The SMILES string of the molecule is O=C(O)CCC(NC(=O)OCC1c2ccccc2-c2ccccc21)C(=O)N1CCCCCC1. The van der Waals surface area contributed by atoms with Crippen molar-refractivity contribution < 1.29 is 24.2 Å². The second-order valence-electron chi connectivity index (χ2n) is 8.69. The Bertz CT molecular complexity index is 968. The standard InChI is InChI=1S/C26H30N2O5/c29-24(30)14-13-23(25(31)28-15-7-1-2-8-16-28)27-26(32)33-17-22-20-11-5-3-9-18(20)19-10-4-6-12-21(19)22/h3-6,9-12,22-23H,1-2,7-8,13-17H2,(H,27,32)(H,29,30). The molecule has 1 unspecified atom stereocenters. The van der Waals surface area contributed by atoms with Crippen molar-refractivity contribution in [1.82, 2.24) is 10.2 Å². The molecule has 1 aliphatic heterocycles. The lowest BCUT2D eigenvalue weighted by molar-refractivity contribution is -0.138. The Morgan fingerprint density at radius 2 is 1.52 bits per heavy atom. The third-order valence-corrected chi connectivity index (χ3v) is 6.50. The summed E-state index contributed by atoms with van der Waals surface area (Å²) < 4.78 is 5.57. The molecule has 0 spiro atoms. The summed E-state index contributed by atoms with van der Waals surface area (Å²) in [6.45, 7) is 1.41. The Kier molecular flexibility index (Phi) is 7.27. The van der Waals surface area contributed by atoms with Gasteiger partial charge >= 0.3 is 12.1 Å². The number of carbonyl (C=O) groups is 3. The minimum atomic E-state index is -1.00. The predicted molar refractivity (Wildman–Crippen MR) is 124 cm³/mol. The average molecular weight is 451 g/mol. The molecule has 1 heterocycles. The second-order valence-corrected chi connectivity index (χ2v) is 8.69. The monoisotopic (exact) mass is 450 g/mol. The van der Waals surface area contributed by atoms with E-state index in [2.05, 4.69) is 17.4 Å². The molecule has 1 fully saturated rings. The van der Waals surface area contributed by atoms with Gasteiger partial charge in [-0.05, 0) is 41.5 Å². The molecule has 2 N–H and O–H groups in total. The summed E-state index contributed by atoms with van der Waals surface area (Å²) in [7, 11) is 0. The van der Waals surface area contributed by atoms with Crippen LogP contribution in [0.5, 0.6) is 0 Å². The topological polar surface area (TPSA) is 95.9 Å². The molecule has 0 aromatic heterocycles. The lowest BCUT2D eigenvalue weighted by Crippen LogP contribution is -2.49. The zero-order chi connectivity index (χ0) is 23.2. The molecule has 7 heteroatoms. The highest BCUT2D eigenvalue weighted by molar-refractivity contribution is 5.86. The van der Waals surface area contributed by atoms with E-state index in [0.717, 1.165) is 47.9 Å². The third-order valence-electron chi connectivity index (χ3n) is 6.50. The minimum absolute atomic E-state index is 0.0366. The molecule has 4 rings (SSSR count). The molecule has 2 aromatic carbocycles. The molecule has 1 saturated heterocycles. The van der Waals surface area contributed by atoms with Crippen LogP contribution in [0.15, 0.2) is 48.5 Å². The highest BCUT2D eigenvalue weighted by Gasteiger charge is 2.31. The van der Waals surface area contributed by atoms with Gasteiger partial charge in [-0.3, -0.25) is 9.59 Å². The number of aliphatic carboxylic acids is 1. The second kappa shape index (κ2) is 10.5. The van der Waals surface area contributed by atoms with Crippen LogP contribution in [0.1, 0.15) is 55.6 Å². The summed E-state index contributed by atoms with van der Waals surface area (Å²) in [5.41, 5.74) is 4.49. The van der Waals surface area contributed by atoms with Crippen LogP contribution >= 0.6 is 0 Å². The van der Waals surface area contributed by atoms with E-state index in [0.29, 0.717) is 13.1 Å². The molecule has 2 aromatic rings. The van der Waals surface area contributed by atoms with Crippen LogP contribution in [0.25, 0.3) is 11.1 Å². The first-order valence-corrected chi connectivity index (χ1v) is 11.7. The molecule has 0 bridgehead atoms. The summed E-state index contributed by atoms with van der Waals surface area (Å²) in [6.07, 6.45) is 3.12. The van der Waals surface area contributed by atoms with Crippen molar-refractivity contribution in [3.05, 3.63) is 59.7 Å². The van der Waals surface area contributed by atoms with Gasteiger partial charge < -0.3 is 20.1 Å². The number of nitrogens with one attached hydrogen (secondary N) is 1. The number of carboxylic acids is 1. The highest BCUT2D eigenvalue weighted by Crippen LogP contribution is 2.44. The normalized spacial score (nSPS) is 16.3. The molecule has 7 nitrogen and oxygen atoms in total. The molecule has 2 aliphatic rings. The number of carboxylic acid groups (broad SMARTS) is 1. The van der Waals surface area contributed by atoms with Crippen LogP contribution in [0, 0.1) is 0 Å². The fourth-order valence-electron chi connectivity index (χ4n) is 4.82. The van der Waals surface area contributed by atoms with Gasteiger partial charge in [-0.15, -0.1) is 0 Å². The minimum Gasteiger partial charge on any atom is -0.481 e. The Hall–Kier alpha value is -3.35. The number of carbonyl (C=O) groups excluding carboxylic acids is 2. The third kappa shape index (κ3) is 5.35.